The molecule has 1 aliphatic rings. The summed E-state index contributed by atoms with van der Waals surface area (Å²) in [6.45, 7) is 4.57. The zero-order valence-corrected chi connectivity index (χ0v) is 10.6. The normalized spacial score (nSPS) is 23.1. The third kappa shape index (κ3) is 2.59. The Morgan fingerprint density at radius 2 is 2.11 bits per heavy atom. The Bertz CT molecular complexity index is 459. The molecule has 18 heavy (non-hydrogen) atoms. The van der Waals surface area contributed by atoms with Gasteiger partial charge in [-0.2, -0.15) is 0 Å². The summed E-state index contributed by atoms with van der Waals surface area (Å²) >= 11 is 0. The molecule has 0 unspecified atom stereocenters. The molecular weight excluding hydrogens is 224 g/mol. The highest BCUT2D eigenvalue weighted by atomic mass is 16.5. The van der Waals surface area contributed by atoms with Gasteiger partial charge in [0.05, 0.1) is 6.61 Å². The van der Waals surface area contributed by atoms with E-state index in [4.69, 9.17) is 4.74 Å². The van der Waals surface area contributed by atoms with Gasteiger partial charge < -0.3 is 4.74 Å². The van der Waals surface area contributed by atoms with E-state index < -0.39 is 0 Å². The number of carbonyl (C=O) groups is 1. The molecule has 2 atom stereocenters. The highest BCUT2D eigenvalue weighted by Crippen LogP contribution is 2.31. The molecule has 0 heterocycles. The Kier molecular flexibility index (Phi) is 4.11. The van der Waals surface area contributed by atoms with E-state index in [2.05, 4.69) is 6.58 Å². The van der Waals surface area contributed by atoms with Crippen molar-refractivity contribution in [3.8, 4) is 0 Å². The molecule has 0 radical (unpaired) electrons. The van der Waals surface area contributed by atoms with E-state index in [1.54, 1.807) is 7.11 Å². The molecule has 0 spiro atoms. The van der Waals surface area contributed by atoms with Crippen molar-refractivity contribution in [2.24, 2.45) is 11.8 Å². The minimum Gasteiger partial charge on any atom is -0.384 e. The van der Waals surface area contributed by atoms with E-state index in [0.29, 0.717) is 6.61 Å². The molecule has 0 amide bonds. The number of hydrogen-bond acceptors (Lipinski definition) is 2. The van der Waals surface area contributed by atoms with E-state index in [1.165, 1.54) is 0 Å². The molecule has 94 valence electrons. The summed E-state index contributed by atoms with van der Waals surface area (Å²) in [5.74, 6) is 0.223. The first-order valence-electron chi connectivity index (χ1n) is 6.17. The first kappa shape index (κ1) is 12.8. The number of Topliss-reactive ketones (excluding diaryl/α,β-unsaturated/α-hetero) is 1. The van der Waals surface area contributed by atoms with Gasteiger partial charge in [-0.3, -0.25) is 4.79 Å². The van der Waals surface area contributed by atoms with E-state index in [1.807, 2.05) is 42.5 Å². The fraction of sp³-hybridized carbons (Fsp3) is 0.312. The molecule has 0 aromatic heterocycles. The number of ketones is 1. The zero-order valence-electron chi connectivity index (χ0n) is 10.6. The second-order valence-electron chi connectivity index (χ2n) is 4.61. The first-order valence-corrected chi connectivity index (χ1v) is 6.17. The average Bonchev–Trinajstić information content (AvgIpc) is 2.41. The van der Waals surface area contributed by atoms with Crippen molar-refractivity contribution in [2.75, 3.05) is 13.7 Å². The largest absolute Gasteiger partial charge is 0.384 e. The summed E-state index contributed by atoms with van der Waals surface area (Å²) < 4.78 is 5.22. The van der Waals surface area contributed by atoms with Crippen LogP contribution >= 0.6 is 0 Å². The van der Waals surface area contributed by atoms with Gasteiger partial charge in [-0.1, -0.05) is 49.1 Å². The van der Waals surface area contributed by atoms with Crippen molar-refractivity contribution < 1.29 is 9.53 Å². The van der Waals surface area contributed by atoms with Gasteiger partial charge in [-0.25, -0.2) is 0 Å². The van der Waals surface area contributed by atoms with E-state index in [9.17, 15) is 4.79 Å². The molecular formula is C16H18O2. The van der Waals surface area contributed by atoms with Crippen LogP contribution in [0.4, 0.5) is 0 Å². The molecule has 2 nitrogen and oxygen atoms in total. The quantitative estimate of drug-likeness (QED) is 0.757. The monoisotopic (exact) mass is 242 g/mol. The van der Waals surface area contributed by atoms with Gasteiger partial charge in [-0.05, 0) is 12.0 Å². The zero-order chi connectivity index (χ0) is 13.0. The molecule has 1 aliphatic carbocycles. The Balaban J connectivity index is 2.23. The number of methoxy groups -OCH3 is 1. The predicted octanol–water partition coefficient (Wildman–Crippen LogP) is 3.26. The molecule has 0 aliphatic heterocycles. The lowest BCUT2D eigenvalue weighted by molar-refractivity contribution is 0.0805. The smallest absolute Gasteiger partial charge is 0.166 e. The second kappa shape index (κ2) is 5.78. The fourth-order valence-corrected chi connectivity index (χ4v) is 2.42. The summed E-state index contributed by atoms with van der Waals surface area (Å²) in [4.78, 5) is 12.5. The minimum atomic E-state index is -0.0511. The Morgan fingerprint density at radius 1 is 1.39 bits per heavy atom. The summed E-state index contributed by atoms with van der Waals surface area (Å²) in [6, 6.07) is 9.45. The van der Waals surface area contributed by atoms with Crippen LogP contribution in [-0.4, -0.2) is 19.5 Å². The van der Waals surface area contributed by atoms with Crippen molar-refractivity contribution >= 4 is 5.78 Å². The highest BCUT2D eigenvalue weighted by Gasteiger charge is 2.31. The van der Waals surface area contributed by atoms with Crippen LogP contribution in [0.3, 0.4) is 0 Å². The molecule has 0 N–H and O–H groups in total. The van der Waals surface area contributed by atoms with E-state index >= 15 is 0 Å². The van der Waals surface area contributed by atoms with Crippen LogP contribution in [0, 0.1) is 11.8 Å². The maximum absolute atomic E-state index is 12.5. The molecule has 2 rings (SSSR count). The molecule has 1 aromatic rings. The topological polar surface area (TPSA) is 26.3 Å². The third-order valence-electron chi connectivity index (χ3n) is 3.43. The lowest BCUT2D eigenvalue weighted by Gasteiger charge is -2.28. The maximum Gasteiger partial charge on any atom is 0.166 e. The van der Waals surface area contributed by atoms with E-state index in [-0.39, 0.29) is 17.6 Å². The van der Waals surface area contributed by atoms with Gasteiger partial charge in [0.15, 0.2) is 5.78 Å². The Morgan fingerprint density at radius 3 is 2.78 bits per heavy atom. The van der Waals surface area contributed by atoms with Crippen LogP contribution in [-0.2, 0) is 4.74 Å². The van der Waals surface area contributed by atoms with Gasteiger partial charge in [0.2, 0.25) is 0 Å². The molecule has 0 bridgehead atoms. The number of ether oxygens (including phenoxy) is 1. The summed E-state index contributed by atoms with van der Waals surface area (Å²) in [5, 5.41) is 0. The minimum absolute atomic E-state index is 0.0511. The molecule has 0 saturated carbocycles. The molecule has 0 saturated heterocycles. The van der Waals surface area contributed by atoms with Crippen molar-refractivity contribution in [2.45, 2.75) is 6.42 Å². The molecule has 1 aromatic carbocycles. The number of rotatable bonds is 4. The number of allylic oxidation sites excluding steroid dienone is 2. The van der Waals surface area contributed by atoms with Crippen LogP contribution in [0.5, 0.6) is 0 Å². The number of benzene rings is 1. The van der Waals surface area contributed by atoms with Crippen molar-refractivity contribution in [1.82, 2.24) is 0 Å². The van der Waals surface area contributed by atoms with Crippen LogP contribution in [0.2, 0.25) is 0 Å². The maximum atomic E-state index is 12.5. The Hall–Kier alpha value is -1.67. The summed E-state index contributed by atoms with van der Waals surface area (Å²) in [7, 11) is 1.66. The highest BCUT2D eigenvalue weighted by molar-refractivity contribution is 5.98. The van der Waals surface area contributed by atoms with Crippen LogP contribution in [0.1, 0.15) is 16.8 Å². The standard InChI is InChI=1S/C16H18O2/c1-12-7-6-10-14(15(12)11-18-2)16(17)13-8-4-3-5-9-13/h3-9,14-15H,1,10-11H2,2H3/t14-,15-/m0/s1. The van der Waals surface area contributed by atoms with Crippen LogP contribution < -0.4 is 0 Å². The van der Waals surface area contributed by atoms with Crippen molar-refractivity contribution in [3.63, 3.8) is 0 Å². The Labute approximate surface area is 108 Å². The van der Waals surface area contributed by atoms with Crippen LogP contribution in [0.25, 0.3) is 0 Å². The van der Waals surface area contributed by atoms with Gasteiger partial charge in [0.1, 0.15) is 0 Å². The number of hydrogen-bond donors (Lipinski definition) is 0. The van der Waals surface area contributed by atoms with Gasteiger partial charge in [0, 0.05) is 24.5 Å². The van der Waals surface area contributed by atoms with Gasteiger partial charge in [-0.15, -0.1) is 0 Å². The second-order valence-corrected chi connectivity index (χ2v) is 4.61. The fourth-order valence-electron chi connectivity index (χ4n) is 2.42. The average molecular weight is 242 g/mol. The molecule has 2 heteroatoms. The summed E-state index contributed by atoms with van der Waals surface area (Å²) in [5.41, 5.74) is 1.75. The van der Waals surface area contributed by atoms with Crippen molar-refractivity contribution in [1.29, 1.82) is 0 Å². The number of carbonyl (C=O) groups excluding carboxylic acids is 1. The predicted molar refractivity (Wildman–Crippen MR) is 72.5 cm³/mol. The third-order valence-corrected chi connectivity index (χ3v) is 3.43. The van der Waals surface area contributed by atoms with Crippen LogP contribution in [0.15, 0.2) is 54.6 Å². The van der Waals surface area contributed by atoms with Gasteiger partial charge in [0.25, 0.3) is 0 Å². The SMILES string of the molecule is C=C1C=CC[C@H](C(=O)c2ccccc2)[C@H]1COC. The lowest BCUT2D eigenvalue weighted by Crippen LogP contribution is -2.29. The van der Waals surface area contributed by atoms with E-state index in [0.717, 1.165) is 17.6 Å². The van der Waals surface area contributed by atoms with Gasteiger partial charge >= 0.3 is 0 Å². The summed E-state index contributed by atoms with van der Waals surface area (Å²) in [6.07, 6.45) is 4.79. The lowest BCUT2D eigenvalue weighted by atomic mass is 9.76. The first-order chi connectivity index (χ1) is 8.74. The van der Waals surface area contributed by atoms with Crippen molar-refractivity contribution in [3.05, 3.63) is 60.2 Å². The molecule has 0 fully saturated rings.